The largest absolute Gasteiger partial charge is 0.480 e. The first-order chi connectivity index (χ1) is 9.89. The molecule has 0 fully saturated rings. The zero-order chi connectivity index (χ0) is 15.2. The molecule has 0 saturated carbocycles. The van der Waals surface area contributed by atoms with Crippen LogP contribution in [0.2, 0.25) is 0 Å². The van der Waals surface area contributed by atoms with Crippen molar-refractivity contribution in [3.8, 4) is 0 Å². The van der Waals surface area contributed by atoms with Crippen LogP contribution in [0.1, 0.15) is 16.8 Å². The summed E-state index contributed by atoms with van der Waals surface area (Å²) in [5.41, 5.74) is 0.642. The smallest absolute Gasteiger partial charge is 0.418 e. The third-order valence-corrected chi connectivity index (χ3v) is 3.74. The van der Waals surface area contributed by atoms with Gasteiger partial charge in [0.1, 0.15) is 6.54 Å². The molecule has 0 amide bonds. The number of rotatable bonds is 2. The molecule has 1 aliphatic rings. The highest BCUT2D eigenvalue weighted by Crippen LogP contribution is 2.38. The van der Waals surface area contributed by atoms with E-state index < -0.39 is 24.3 Å². The Morgan fingerprint density at radius 1 is 1.38 bits per heavy atom. The summed E-state index contributed by atoms with van der Waals surface area (Å²) in [5, 5.41) is 12.6. The Kier molecular flexibility index (Phi) is 3.16. The van der Waals surface area contributed by atoms with Gasteiger partial charge in [0, 0.05) is 30.6 Å². The summed E-state index contributed by atoms with van der Waals surface area (Å²) in [6.45, 7) is 0.628. The Morgan fingerprint density at radius 2 is 2.14 bits per heavy atom. The first kappa shape index (κ1) is 13.9. The van der Waals surface area contributed by atoms with E-state index in [2.05, 4.69) is 5.32 Å². The van der Waals surface area contributed by atoms with Crippen molar-refractivity contribution in [1.29, 1.82) is 0 Å². The normalized spacial score (nSPS) is 15.2. The fourth-order valence-electron chi connectivity index (χ4n) is 2.97. The van der Waals surface area contributed by atoms with Gasteiger partial charge in [-0.15, -0.1) is 0 Å². The van der Waals surface area contributed by atoms with Crippen molar-refractivity contribution in [3.63, 3.8) is 0 Å². The predicted octanol–water partition coefficient (Wildman–Crippen LogP) is 2.39. The molecule has 2 aromatic rings. The number of carboxylic acids is 1. The van der Waals surface area contributed by atoms with Crippen molar-refractivity contribution in [2.24, 2.45) is 0 Å². The van der Waals surface area contributed by atoms with Crippen LogP contribution in [0.4, 0.5) is 13.2 Å². The number of fused-ring (bicyclic) bond motifs is 3. The molecule has 2 heterocycles. The molecule has 0 atom stereocenters. The molecule has 1 aliphatic heterocycles. The first-order valence-corrected chi connectivity index (χ1v) is 6.52. The topological polar surface area (TPSA) is 54.3 Å². The molecule has 0 radical (unpaired) electrons. The summed E-state index contributed by atoms with van der Waals surface area (Å²) < 4.78 is 41.0. The summed E-state index contributed by atoms with van der Waals surface area (Å²) in [6.07, 6.45) is -3.99. The van der Waals surface area contributed by atoms with Crippen LogP contribution in [0.3, 0.4) is 0 Å². The molecule has 3 rings (SSSR count). The van der Waals surface area contributed by atoms with Gasteiger partial charge in [0.05, 0.1) is 11.1 Å². The summed E-state index contributed by atoms with van der Waals surface area (Å²) in [4.78, 5) is 11.0. The number of carboxylic acid groups (broad SMARTS) is 1. The van der Waals surface area contributed by atoms with Gasteiger partial charge in [0.25, 0.3) is 0 Å². The maximum absolute atomic E-state index is 13.2. The molecule has 0 unspecified atom stereocenters. The molecule has 7 heteroatoms. The van der Waals surface area contributed by atoms with E-state index in [0.717, 1.165) is 11.6 Å². The molecule has 0 aliphatic carbocycles. The quantitative estimate of drug-likeness (QED) is 0.895. The summed E-state index contributed by atoms with van der Waals surface area (Å²) in [6, 6.07) is 3.99. The number of para-hydroxylation sites is 1. The van der Waals surface area contributed by atoms with Crippen molar-refractivity contribution >= 4 is 16.9 Å². The molecule has 4 nitrogen and oxygen atoms in total. The van der Waals surface area contributed by atoms with Crippen molar-refractivity contribution in [2.75, 3.05) is 6.54 Å². The first-order valence-electron chi connectivity index (χ1n) is 6.52. The highest BCUT2D eigenvalue weighted by Gasteiger charge is 2.35. The van der Waals surface area contributed by atoms with E-state index in [9.17, 15) is 18.0 Å². The Labute approximate surface area is 118 Å². The van der Waals surface area contributed by atoms with Gasteiger partial charge in [-0.3, -0.25) is 4.79 Å². The molecule has 21 heavy (non-hydrogen) atoms. The van der Waals surface area contributed by atoms with E-state index in [-0.39, 0.29) is 5.52 Å². The Hall–Kier alpha value is -2.02. The third kappa shape index (κ3) is 2.27. The van der Waals surface area contributed by atoms with E-state index in [1.807, 2.05) is 0 Å². The zero-order valence-electron chi connectivity index (χ0n) is 11.0. The van der Waals surface area contributed by atoms with Crippen molar-refractivity contribution < 1.29 is 23.1 Å². The van der Waals surface area contributed by atoms with E-state index in [0.29, 0.717) is 30.6 Å². The number of aliphatic carboxylic acids is 1. The van der Waals surface area contributed by atoms with E-state index in [4.69, 9.17) is 5.11 Å². The van der Waals surface area contributed by atoms with Gasteiger partial charge < -0.3 is 15.0 Å². The van der Waals surface area contributed by atoms with Gasteiger partial charge in [-0.2, -0.15) is 13.2 Å². The molecule has 0 bridgehead atoms. The molecule has 1 aromatic carbocycles. The van der Waals surface area contributed by atoms with Crippen molar-refractivity contribution in [1.82, 2.24) is 9.88 Å². The number of hydrogen-bond acceptors (Lipinski definition) is 2. The molecule has 2 N–H and O–H groups in total. The standard InChI is InChI=1S/C14H13F3N2O2/c15-14(16,17)10-3-1-2-8-9-6-18-5-4-11(9)19(13(8)10)7-12(20)21/h1-3,18H,4-7H2,(H,20,21). The molecule has 1 aromatic heterocycles. The number of hydrogen-bond donors (Lipinski definition) is 2. The Balaban J connectivity index is 2.37. The van der Waals surface area contributed by atoms with Gasteiger partial charge in [-0.25, -0.2) is 0 Å². The maximum atomic E-state index is 13.2. The van der Waals surface area contributed by atoms with Crippen LogP contribution >= 0.6 is 0 Å². The number of nitrogens with one attached hydrogen (secondary N) is 1. The summed E-state index contributed by atoms with van der Waals surface area (Å²) in [5.74, 6) is -1.15. The second-order valence-electron chi connectivity index (χ2n) is 5.03. The van der Waals surface area contributed by atoms with Crippen LogP contribution in [0, 0.1) is 0 Å². The van der Waals surface area contributed by atoms with E-state index >= 15 is 0 Å². The van der Waals surface area contributed by atoms with Crippen molar-refractivity contribution in [2.45, 2.75) is 25.7 Å². The van der Waals surface area contributed by atoms with Gasteiger partial charge in [-0.1, -0.05) is 12.1 Å². The second kappa shape index (κ2) is 4.77. The SMILES string of the molecule is O=C(O)Cn1c2c(c3cccc(C(F)(F)F)c31)CNCC2. The minimum Gasteiger partial charge on any atom is -0.480 e. The predicted molar refractivity (Wildman–Crippen MR) is 70.0 cm³/mol. The number of nitrogens with zero attached hydrogens (tertiary/aromatic N) is 1. The van der Waals surface area contributed by atoms with Crippen molar-refractivity contribution in [3.05, 3.63) is 35.0 Å². The van der Waals surface area contributed by atoms with Gasteiger partial charge in [0.15, 0.2) is 0 Å². The second-order valence-corrected chi connectivity index (χ2v) is 5.03. The highest BCUT2D eigenvalue weighted by atomic mass is 19.4. The number of carbonyl (C=O) groups is 1. The fourth-order valence-corrected chi connectivity index (χ4v) is 2.97. The van der Waals surface area contributed by atoms with Crippen LogP contribution in [-0.4, -0.2) is 22.2 Å². The number of benzene rings is 1. The van der Waals surface area contributed by atoms with Gasteiger partial charge in [0.2, 0.25) is 0 Å². The van der Waals surface area contributed by atoms with Crippen LogP contribution in [0.25, 0.3) is 10.9 Å². The highest BCUT2D eigenvalue weighted by molar-refractivity contribution is 5.90. The van der Waals surface area contributed by atoms with E-state index in [1.54, 1.807) is 6.07 Å². The van der Waals surface area contributed by atoms with Crippen LogP contribution in [-0.2, 0) is 30.5 Å². The average Bonchev–Trinajstić information content (AvgIpc) is 2.72. The molecular formula is C14H13F3N2O2. The van der Waals surface area contributed by atoms with E-state index in [1.165, 1.54) is 10.6 Å². The zero-order valence-corrected chi connectivity index (χ0v) is 11.0. The van der Waals surface area contributed by atoms with Crippen LogP contribution in [0.15, 0.2) is 18.2 Å². The molecule has 0 spiro atoms. The summed E-state index contributed by atoms with van der Waals surface area (Å²) >= 11 is 0. The monoisotopic (exact) mass is 298 g/mol. The number of halogens is 3. The lowest BCUT2D eigenvalue weighted by Crippen LogP contribution is -2.25. The lowest BCUT2D eigenvalue weighted by atomic mass is 10.0. The lowest BCUT2D eigenvalue weighted by Gasteiger charge is -2.16. The third-order valence-electron chi connectivity index (χ3n) is 3.74. The Bertz CT molecular complexity index is 719. The van der Waals surface area contributed by atoms with Crippen LogP contribution in [0.5, 0.6) is 0 Å². The maximum Gasteiger partial charge on any atom is 0.418 e. The summed E-state index contributed by atoms with van der Waals surface area (Å²) in [7, 11) is 0. The van der Waals surface area contributed by atoms with Gasteiger partial charge in [-0.05, 0) is 11.6 Å². The lowest BCUT2D eigenvalue weighted by molar-refractivity contribution is -0.139. The molecule has 112 valence electrons. The minimum absolute atomic E-state index is 0.0268. The molecular weight excluding hydrogens is 285 g/mol. The fraction of sp³-hybridized carbons (Fsp3) is 0.357. The Morgan fingerprint density at radius 3 is 2.81 bits per heavy atom. The average molecular weight is 298 g/mol. The molecule has 0 saturated heterocycles. The number of aromatic nitrogens is 1. The van der Waals surface area contributed by atoms with Gasteiger partial charge >= 0.3 is 12.1 Å². The minimum atomic E-state index is -4.51. The van der Waals surface area contributed by atoms with Crippen LogP contribution < -0.4 is 5.32 Å². The number of alkyl halides is 3.